The molecule has 1 fully saturated rings. The van der Waals surface area contributed by atoms with E-state index in [2.05, 4.69) is 0 Å². The van der Waals surface area contributed by atoms with Crippen LogP contribution < -0.4 is 4.74 Å². The van der Waals surface area contributed by atoms with Crippen molar-refractivity contribution in [3.8, 4) is 5.75 Å². The van der Waals surface area contributed by atoms with Crippen molar-refractivity contribution in [3.63, 3.8) is 0 Å². The highest BCUT2D eigenvalue weighted by Gasteiger charge is 2.17. The molecule has 0 aromatic heterocycles. The number of benzene rings is 1. The third-order valence-electron chi connectivity index (χ3n) is 3.11. The number of halogens is 1. The monoisotopic (exact) mass is 222 g/mol. The van der Waals surface area contributed by atoms with Gasteiger partial charge in [-0.25, -0.2) is 4.39 Å². The van der Waals surface area contributed by atoms with Crippen LogP contribution in [0.15, 0.2) is 18.2 Å². The van der Waals surface area contributed by atoms with Crippen LogP contribution in [0.1, 0.15) is 36.0 Å². The zero-order chi connectivity index (χ0) is 11.4. The van der Waals surface area contributed by atoms with Crippen LogP contribution in [0.3, 0.4) is 0 Å². The van der Waals surface area contributed by atoms with Crippen LogP contribution in [-0.2, 0) is 0 Å². The van der Waals surface area contributed by atoms with Gasteiger partial charge in [-0.2, -0.15) is 0 Å². The summed E-state index contributed by atoms with van der Waals surface area (Å²) in [6, 6.07) is 4.02. The molecule has 0 aliphatic heterocycles. The highest BCUT2D eigenvalue weighted by atomic mass is 19.1. The van der Waals surface area contributed by atoms with Gasteiger partial charge in [0.25, 0.3) is 0 Å². The fraction of sp³-hybridized carbons (Fsp3) is 0.462. The van der Waals surface area contributed by atoms with E-state index in [1.54, 1.807) is 0 Å². The molecule has 16 heavy (non-hydrogen) atoms. The predicted octanol–water partition coefficient (Wildman–Crippen LogP) is 3.21. The fourth-order valence-electron chi connectivity index (χ4n) is 1.86. The van der Waals surface area contributed by atoms with Gasteiger partial charge in [0.1, 0.15) is 11.6 Å². The van der Waals surface area contributed by atoms with E-state index in [0.717, 1.165) is 12.3 Å². The van der Waals surface area contributed by atoms with Gasteiger partial charge in [0.05, 0.1) is 12.2 Å². The molecule has 0 unspecified atom stereocenters. The smallest absolute Gasteiger partial charge is 0.153 e. The molecule has 0 saturated heterocycles. The summed E-state index contributed by atoms with van der Waals surface area (Å²) in [5.41, 5.74) is 0.286. The largest absolute Gasteiger partial charge is 0.493 e. The Balaban J connectivity index is 1.89. The molecule has 1 aromatic rings. The van der Waals surface area contributed by atoms with E-state index in [4.69, 9.17) is 4.74 Å². The first-order valence-electron chi connectivity index (χ1n) is 5.67. The Labute approximate surface area is 94.4 Å². The van der Waals surface area contributed by atoms with Gasteiger partial charge in [-0.15, -0.1) is 0 Å². The summed E-state index contributed by atoms with van der Waals surface area (Å²) in [7, 11) is 0. The number of ether oxygens (including phenoxy) is 1. The molecule has 1 aliphatic rings. The first-order chi connectivity index (χ1) is 7.79. The van der Waals surface area contributed by atoms with Gasteiger partial charge in [-0.1, -0.05) is 19.3 Å². The van der Waals surface area contributed by atoms with Gasteiger partial charge in [0, 0.05) is 0 Å². The Morgan fingerprint density at radius 1 is 1.44 bits per heavy atom. The molecule has 1 aliphatic carbocycles. The quantitative estimate of drug-likeness (QED) is 0.715. The summed E-state index contributed by atoms with van der Waals surface area (Å²) in [5, 5.41) is 0. The second-order valence-corrected chi connectivity index (χ2v) is 4.23. The Morgan fingerprint density at radius 2 is 2.25 bits per heavy atom. The molecule has 0 bridgehead atoms. The van der Waals surface area contributed by atoms with E-state index < -0.39 is 5.82 Å². The molecular formula is C13H15FO2. The Kier molecular flexibility index (Phi) is 3.54. The SMILES string of the molecule is O=Cc1cc(F)ccc1OCCC1CCC1. The van der Waals surface area contributed by atoms with Crippen molar-refractivity contribution < 1.29 is 13.9 Å². The van der Waals surface area contributed by atoms with Gasteiger partial charge in [0.2, 0.25) is 0 Å². The van der Waals surface area contributed by atoms with Gasteiger partial charge < -0.3 is 4.74 Å². The lowest BCUT2D eigenvalue weighted by molar-refractivity contribution is 0.111. The van der Waals surface area contributed by atoms with Gasteiger partial charge in [-0.3, -0.25) is 4.79 Å². The molecule has 0 spiro atoms. The maximum Gasteiger partial charge on any atom is 0.153 e. The lowest BCUT2D eigenvalue weighted by atomic mass is 9.83. The number of hydrogen-bond acceptors (Lipinski definition) is 2. The molecule has 2 rings (SSSR count). The second-order valence-electron chi connectivity index (χ2n) is 4.23. The fourth-order valence-corrected chi connectivity index (χ4v) is 1.86. The average Bonchev–Trinajstić information content (AvgIpc) is 2.23. The number of aldehydes is 1. The summed E-state index contributed by atoms with van der Waals surface area (Å²) in [5.74, 6) is 0.851. The predicted molar refractivity (Wildman–Crippen MR) is 59.2 cm³/mol. The van der Waals surface area contributed by atoms with E-state index >= 15 is 0 Å². The van der Waals surface area contributed by atoms with E-state index in [-0.39, 0.29) is 5.56 Å². The number of carbonyl (C=O) groups is 1. The summed E-state index contributed by atoms with van der Waals surface area (Å²) in [4.78, 5) is 10.7. The summed E-state index contributed by atoms with van der Waals surface area (Å²) < 4.78 is 18.3. The lowest BCUT2D eigenvalue weighted by Gasteiger charge is -2.25. The van der Waals surface area contributed by atoms with Crippen LogP contribution in [-0.4, -0.2) is 12.9 Å². The molecule has 1 aromatic carbocycles. The van der Waals surface area contributed by atoms with E-state index in [1.807, 2.05) is 0 Å². The molecule has 0 atom stereocenters. The third-order valence-corrected chi connectivity index (χ3v) is 3.11. The van der Waals surface area contributed by atoms with E-state index in [0.29, 0.717) is 18.6 Å². The van der Waals surface area contributed by atoms with Crippen LogP contribution in [0, 0.1) is 11.7 Å². The molecule has 3 heteroatoms. The van der Waals surface area contributed by atoms with Crippen LogP contribution in [0.25, 0.3) is 0 Å². The minimum absolute atomic E-state index is 0.286. The van der Waals surface area contributed by atoms with Crippen molar-refractivity contribution >= 4 is 6.29 Å². The molecule has 1 saturated carbocycles. The first kappa shape index (κ1) is 11.1. The Morgan fingerprint density at radius 3 is 2.88 bits per heavy atom. The maximum absolute atomic E-state index is 12.8. The molecule has 0 radical (unpaired) electrons. The topological polar surface area (TPSA) is 26.3 Å². The molecular weight excluding hydrogens is 207 g/mol. The molecule has 0 heterocycles. The van der Waals surface area contributed by atoms with E-state index in [1.165, 1.54) is 37.5 Å². The highest BCUT2D eigenvalue weighted by molar-refractivity contribution is 5.79. The number of carbonyl (C=O) groups excluding carboxylic acids is 1. The maximum atomic E-state index is 12.8. The van der Waals surface area contributed by atoms with Crippen molar-refractivity contribution in [3.05, 3.63) is 29.6 Å². The summed E-state index contributed by atoms with van der Waals surface area (Å²) >= 11 is 0. The van der Waals surface area contributed by atoms with Gasteiger partial charge >= 0.3 is 0 Å². The molecule has 86 valence electrons. The molecule has 2 nitrogen and oxygen atoms in total. The van der Waals surface area contributed by atoms with Crippen molar-refractivity contribution in [1.82, 2.24) is 0 Å². The minimum Gasteiger partial charge on any atom is -0.493 e. The van der Waals surface area contributed by atoms with Crippen molar-refractivity contribution in [2.45, 2.75) is 25.7 Å². The molecule has 0 N–H and O–H groups in total. The van der Waals surface area contributed by atoms with Crippen molar-refractivity contribution in [2.75, 3.05) is 6.61 Å². The first-order valence-corrected chi connectivity index (χ1v) is 5.67. The van der Waals surface area contributed by atoms with Crippen molar-refractivity contribution in [2.24, 2.45) is 5.92 Å². The van der Waals surface area contributed by atoms with E-state index in [9.17, 15) is 9.18 Å². The number of hydrogen-bond donors (Lipinski definition) is 0. The normalized spacial score (nSPS) is 15.6. The second kappa shape index (κ2) is 5.10. The highest BCUT2D eigenvalue weighted by Crippen LogP contribution is 2.29. The van der Waals surface area contributed by atoms with Crippen LogP contribution >= 0.6 is 0 Å². The number of rotatable bonds is 5. The van der Waals surface area contributed by atoms with Crippen LogP contribution in [0.4, 0.5) is 4.39 Å². The van der Waals surface area contributed by atoms with Crippen molar-refractivity contribution in [1.29, 1.82) is 0 Å². The van der Waals surface area contributed by atoms with Gasteiger partial charge in [0.15, 0.2) is 6.29 Å². The summed E-state index contributed by atoms with van der Waals surface area (Å²) in [6.45, 7) is 0.608. The third kappa shape index (κ3) is 2.60. The van der Waals surface area contributed by atoms with Crippen LogP contribution in [0.2, 0.25) is 0 Å². The van der Waals surface area contributed by atoms with Gasteiger partial charge in [-0.05, 0) is 30.5 Å². The molecule has 0 amide bonds. The Hall–Kier alpha value is -1.38. The standard InChI is InChI=1S/C13H15FO2/c14-12-4-5-13(11(8-12)9-15)16-7-6-10-2-1-3-10/h4-5,8-10H,1-3,6-7H2. The Bertz CT molecular complexity index is 372. The minimum atomic E-state index is -0.409. The summed E-state index contributed by atoms with van der Waals surface area (Å²) in [6.07, 6.45) is 5.54. The van der Waals surface area contributed by atoms with Crippen LogP contribution in [0.5, 0.6) is 5.75 Å². The zero-order valence-corrected chi connectivity index (χ0v) is 9.12. The average molecular weight is 222 g/mol. The zero-order valence-electron chi connectivity index (χ0n) is 9.12. The lowest BCUT2D eigenvalue weighted by Crippen LogP contribution is -2.14.